The third-order valence-electron chi connectivity index (χ3n) is 5.96. The predicted octanol–water partition coefficient (Wildman–Crippen LogP) is 4.53. The molecule has 31 heavy (non-hydrogen) atoms. The van der Waals surface area contributed by atoms with E-state index < -0.39 is 0 Å². The summed E-state index contributed by atoms with van der Waals surface area (Å²) in [4.78, 5) is 16.8. The van der Waals surface area contributed by atoms with Gasteiger partial charge in [-0.2, -0.15) is 5.10 Å². The Morgan fingerprint density at radius 3 is 2.77 bits per heavy atom. The van der Waals surface area contributed by atoms with Gasteiger partial charge < -0.3 is 5.32 Å². The molecule has 1 aliphatic carbocycles. The number of H-pyrrole nitrogens is 3. The van der Waals surface area contributed by atoms with Crippen molar-refractivity contribution in [2.75, 3.05) is 5.32 Å². The van der Waals surface area contributed by atoms with Crippen molar-refractivity contribution in [1.82, 2.24) is 25.4 Å². The lowest BCUT2D eigenvalue weighted by Crippen LogP contribution is -2.01. The van der Waals surface area contributed by atoms with Gasteiger partial charge >= 0.3 is 0 Å². The molecular formula is C24H22N6O. The SMILES string of the molecule is O=c1[nH][nH]c2ccc(CCc3cc4ccccc4c(Nc4cc(C5CC5)[nH]n4)n3)cc12. The molecule has 3 aromatic heterocycles. The Labute approximate surface area is 177 Å². The highest BCUT2D eigenvalue weighted by atomic mass is 16.1. The second-order valence-corrected chi connectivity index (χ2v) is 8.25. The number of pyridine rings is 1. The Hall–Kier alpha value is -3.87. The number of rotatable bonds is 6. The zero-order chi connectivity index (χ0) is 20.8. The topological polar surface area (TPSA) is 102 Å². The van der Waals surface area contributed by atoms with Crippen molar-refractivity contribution in [1.29, 1.82) is 0 Å². The van der Waals surface area contributed by atoms with E-state index in [2.05, 4.69) is 56.0 Å². The molecule has 0 amide bonds. The highest BCUT2D eigenvalue weighted by Gasteiger charge is 2.25. The van der Waals surface area contributed by atoms with Gasteiger partial charge in [-0.3, -0.25) is 20.1 Å². The number of hydrogen-bond acceptors (Lipinski definition) is 4. The van der Waals surface area contributed by atoms with Gasteiger partial charge in [0.25, 0.3) is 5.56 Å². The van der Waals surface area contributed by atoms with Gasteiger partial charge in [0.1, 0.15) is 5.82 Å². The number of nitrogens with zero attached hydrogens (tertiary/aromatic N) is 2. The van der Waals surface area contributed by atoms with Gasteiger partial charge in [-0.15, -0.1) is 0 Å². The van der Waals surface area contributed by atoms with Crippen LogP contribution in [0.3, 0.4) is 0 Å². The molecular weight excluding hydrogens is 388 g/mol. The van der Waals surface area contributed by atoms with E-state index in [9.17, 15) is 4.79 Å². The maximum atomic E-state index is 11.9. The van der Waals surface area contributed by atoms with Crippen LogP contribution in [0, 0.1) is 0 Å². The lowest BCUT2D eigenvalue weighted by atomic mass is 10.0. The first kappa shape index (κ1) is 17.9. The standard InChI is InChI=1S/C24H22N6O/c31-24-19-11-14(6-10-20(19)27-30-24)5-9-17-12-16-3-1-2-4-18(16)23(25-17)26-22-13-21(28-29-22)15-7-8-15/h1-4,6,10-13,15H,5,7-9H2,(H2,27,30,31)(H2,25,26,28,29). The minimum atomic E-state index is -0.0864. The van der Waals surface area contributed by atoms with E-state index in [4.69, 9.17) is 4.98 Å². The number of anilines is 2. The summed E-state index contributed by atoms with van der Waals surface area (Å²) in [5, 5.41) is 19.4. The molecule has 2 aromatic carbocycles. The zero-order valence-corrected chi connectivity index (χ0v) is 16.9. The number of aromatic amines is 3. The molecule has 0 unspecified atom stereocenters. The summed E-state index contributed by atoms with van der Waals surface area (Å²) in [6.45, 7) is 0. The molecule has 1 fully saturated rings. The predicted molar refractivity (Wildman–Crippen MR) is 122 cm³/mol. The highest BCUT2D eigenvalue weighted by Crippen LogP contribution is 2.39. The van der Waals surface area contributed by atoms with Crippen molar-refractivity contribution >= 4 is 33.3 Å². The van der Waals surface area contributed by atoms with Crippen LogP contribution in [0.15, 0.2) is 59.4 Å². The van der Waals surface area contributed by atoms with E-state index >= 15 is 0 Å². The maximum absolute atomic E-state index is 11.9. The molecule has 4 N–H and O–H groups in total. The van der Waals surface area contributed by atoms with Gasteiger partial charge in [0.05, 0.1) is 10.9 Å². The zero-order valence-electron chi connectivity index (χ0n) is 16.9. The number of nitrogens with one attached hydrogen (secondary N) is 4. The van der Waals surface area contributed by atoms with Crippen molar-refractivity contribution in [3.05, 3.63) is 81.9 Å². The summed E-state index contributed by atoms with van der Waals surface area (Å²) in [5.74, 6) is 2.25. The fourth-order valence-corrected chi connectivity index (χ4v) is 4.11. The van der Waals surface area contributed by atoms with E-state index in [-0.39, 0.29) is 5.56 Å². The van der Waals surface area contributed by atoms with Crippen molar-refractivity contribution < 1.29 is 0 Å². The molecule has 3 heterocycles. The highest BCUT2D eigenvalue weighted by molar-refractivity contribution is 5.93. The molecule has 154 valence electrons. The normalized spacial score (nSPS) is 13.8. The van der Waals surface area contributed by atoms with Gasteiger partial charge in [-0.25, -0.2) is 4.98 Å². The monoisotopic (exact) mass is 410 g/mol. The first-order chi connectivity index (χ1) is 15.2. The smallest absolute Gasteiger partial charge is 0.271 e. The summed E-state index contributed by atoms with van der Waals surface area (Å²) in [5.41, 5.74) is 4.05. The van der Waals surface area contributed by atoms with Crippen LogP contribution in [-0.4, -0.2) is 25.4 Å². The van der Waals surface area contributed by atoms with Gasteiger partial charge in [-0.1, -0.05) is 30.3 Å². The molecule has 0 radical (unpaired) electrons. The van der Waals surface area contributed by atoms with E-state index in [0.29, 0.717) is 11.3 Å². The van der Waals surface area contributed by atoms with Crippen LogP contribution < -0.4 is 10.9 Å². The van der Waals surface area contributed by atoms with E-state index in [1.54, 1.807) is 0 Å². The molecule has 0 spiro atoms. The largest absolute Gasteiger partial charge is 0.323 e. The minimum absolute atomic E-state index is 0.0864. The van der Waals surface area contributed by atoms with E-state index in [1.807, 2.05) is 24.3 Å². The molecule has 1 aliphatic rings. The second kappa shape index (κ2) is 7.12. The summed E-state index contributed by atoms with van der Waals surface area (Å²) in [6, 6.07) is 18.4. The molecule has 0 aliphatic heterocycles. The van der Waals surface area contributed by atoms with Gasteiger partial charge in [0.15, 0.2) is 5.82 Å². The van der Waals surface area contributed by atoms with Gasteiger partial charge in [0.2, 0.25) is 0 Å². The molecule has 6 rings (SSSR count). The van der Waals surface area contributed by atoms with Crippen LogP contribution >= 0.6 is 0 Å². The molecule has 1 saturated carbocycles. The molecule has 0 saturated heterocycles. The van der Waals surface area contributed by atoms with Gasteiger partial charge in [-0.05, 0) is 54.8 Å². The lowest BCUT2D eigenvalue weighted by Gasteiger charge is -2.10. The number of hydrogen-bond donors (Lipinski definition) is 4. The Morgan fingerprint density at radius 1 is 0.968 bits per heavy atom. The number of fused-ring (bicyclic) bond motifs is 2. The Balaban J connectivity index is 1.29. The van der Waals surface area contributed by atoms with Crippen LogP contribution in [0.2, 0.25) is 0 Å². The van der Waals surface area contributed by atoms with Crippen molar-refractivity contribution in [3.8, 4) is 0 Å². The fraction of sp³-hybridized carbons (Fsp3) is 0.208. The molecule has 7 heteroatoms. The van der Waals surface area contributed by atoms with Gasteiger partial charge in [0, 0.05) is 28.8 Å². The van der Waals surface area contributed by atoms with Crippen LogP contribution in [0.25, 0.3) is 21.7 Å². The quantitative estimate of drug-likeness (QED) is 0.330. The third-order valence-corrected chi connectivity index (χ3v) is 5.96. The number of aryl methyl sites for hydroxylation is 2. The number of aromatic nitrogens is 5. The Bertz CT molecular complexity index is 1460. The van der Waals surface area contributed by atoms with Crippen LogP contribution in [-0.2, 0) is 12.8 Å². The Morgan fingerprint density at radius 2 is 1.87 bits per heavy atom. The van der Waals surface area contributed by atoms with Crippen molar-refractivity contribution in [2.45, 2.75) is 31.6 Å². The maximum Gasteiger partial charge on any atom is 0.271 e. The fourth-order valence-electron chi connectivity index (χ4n) is 4.11. The summed E-state index contributed by atoms with van der Waals surface area (Å²) >= 11 is 0. The van der Waals surface area contributed by atoms with E-state index in [0.717, 1.165) is 52.0 Å². The summed E-state index contributed by atoms with van der Waals surface area (Å²) in [7, 11) is 0. The van der Waals surface area contributed by atoms with Crippen molar-refractivity contribution in [2.24, 2.45) is 0 Å². The van der Waals surface area contributed by atoms with Crippen LogP contribution in [0.1, 0.15) is 35.7 Å². The van der Waals surface area contributed by atoms with E-state index in [1.165, 1.54) is 18.5 Å². The number of benzene rings is 2. The molecule has 0 bridgehead atoms. The lowest BCUT2D eigenvalue weighted by molar-refractivity contribution is 0.920. The summed E-state index contributed by atoms with van der Waals surface area (Å²) < 4.78 is 0. The first-order valence-corrected chi connectivity index (χ1v) is 10.6. The van der Waals surface area contributed by atoms with Crippen LogP contribution in [0.4, 0.5) is 11.6 Å². The summed E-state index contributed by atoms with van der Waals surface area (Å²) in [6.07, 6.45) is 4.05. The average Bonchev–Trinajstić information content (AvgIpc) is 3.44. The van der Waals surface area contributed by atoms with Crippen molar-refractivity contribution in [3.63, 3.8) is 0 Å². The first-order valence-electron chi connectivity index (χ1n) is 10.6. The minimum Gasteiger partial charge on any atom is -0.323 e. The second-order valence-electron chi connectivity index (χ2n) is 8.25. The molecule has 5 aromatic rings. The van der Waals surface area contributed by atoms with Crippen LogP contribution in [0.5, 0.6) is 0 Å². The molecule has 7 nitrogen and oxygen atoms in total. The Kier molecular flexibility index (Phi) is 4.12. The molecule has 0 atom stereocenters. The third kappa shape index (κ3) is 3.48. The average molecular weight is 410 g/mol.